The molecule has 1 aromatic carbocycles. The van der Waals surface area contributed by atoms with Crippen molar-refractivity contribution in [1.29, 1.82) is 0 Å². The van der Waals surface area contributed by atoms with E-state index in [4.69, 9.17) is 4.74 Å². The van der Waals surface area contributed by atoms with Crippen LogP contribution in [0.25, 0.3) is 0 Å². The Hall–Kier alpha value is -3.13. The van der Waals surface area contributed by atoms with Gasteiger partial charge >= 0.3 is 0 Å². The van der Waals surface area contributed by atoms with Gasteiger partial charge in [-0.15, -0.1) is 10.2 Å². The van der Waals surface area contributed by atoms with Crippen molar-refractivity contribution in [2.75, 3.05) is 18.5 Å². The van der Waals surface area contributed by atoms with Gasteiger partial charge in [-0.2, -0.15) is 0 Å². The Balaban J connectivity index is 1.37. The first-order valence-electron chi connectivity index (χ1n) is 10.8. The van der Waals surface area contributed by atoms with Crippen LogP contribution in [0.2, 0.25) is 0 Å². The molecular formula is C23H26N6O2. The van der Waals surface area contributed by atoms with E-state index in [9.17, 15) is 4.79 Å². The van der Waals surface area contributed by atoms with E-state index in [2.05, 4.69) is 43.0 Å². The van der Waals surface area contributed by atoms with Crippen LogP contribution in [0.4, 0.5) is 5.69 Å². The van der Waals surface area contributed by atoms with Gasteiger partial charge in [0, 0.05) is 35.7 Å². The van der Waals surface area contributed by atoms with Crippen LogP contribution >= 0.6 is 0 Å². The van der Waals surface area contributed by atoms with Crippen LogP contribution < -0.4 is 5.32 Å². The highest BCUT2D eigenvalue weighted by atomic mass is 16.5. The first-order valence-corrected chi connectivity index (χ1v) is 10.8. The number of ether oxygens (including phenoxy) is 1. The molecule has 31 heavy (non-hydrogen) atoms. The maximum Gasteiger partial charge on any atom is 0.274 e. The molecule has 3 aromatic rings. The molecule has 1 N–H and O–H groups in total. The molecule has 160 valence electrons. The summed E-state index contributed by atoms with van der Waals surface area (Å²) in [6.07, 6.45) is 4.71. The summed E-state index contributed by atoms with van der Waals surface area (Å²) in [4.78, 5) is 21.9. The number of carbonyl (C=O) groups is 1. The number of aromatic nitrogens is 5. The van der Waals surface area contributed by atoms with Crippen LogP contribution in [0.5, 0.6) is 0 Å². The normalized spacial score (nSPS) is 17.2. The molecule has 5 rings (SSSR count). The standard InChI is InChI=1S/C23H26N6O2/c1-3-29-14-24-28-20(29)11-23(12-31-13-23)17-5-4-6-18(10-17)26-22(30)19-9-15(2)25-21(27-19)16-7-8-16/h4-6,9-10,14,16H,3,7-8,11-13H2,1-2H3,(H,26,30). The zero-order chi connectivity index (χ0) is 21.4. The van der Waals surface area contributed by atoms with Gasteiger partial charge in [0.2, 0.25) is 0 Å². The van der Waals surface area contributed by atoms with Crippen LogP contribution in [0.15, 0.2) is 36.7 Å². The van der Waals surface area contributed by atoms with E-state index in [1.807, 2.05) is 25.1 Å². The average molecular weight is 419 g/mol. The fourth-order valence-corrected chi connectivity index (χ4v) is 4.06. The number of nitrogens with one attached hydrogen (secondary N) is 1. The Morgan fingerprint density at radius 1 is 1.26 bits per heavy atom. The summed E-state index contributed by atoms with van der Waals surface area (Å²) in [6, 6.07) is 9.73. The predicted molar refractivity (Wildman–Crippen MR) is 115 cm³/mol. The van der Waals surface area contributed by atoms with Crippen LogP contribution in [0, 0.1) is 6.92 Å². The van der Waals surface area contributed by atoms with Crippen LogP contribution in [0.3, 0.4) is 0 Å². The maximum absolute atomic E-state index is 12.9. The average Bonchev–Trinajstić information content (AvgIpc) is 3.49. The van der Waals surface area contributed by atoms with Crippen molar-refractivity contribution in [2.24, 2.45) is 0 Å². The molecule has 1 aliphatic heterocycles. The molecule has 0 radical (unpaired) electrons. The lowest BCUT2D eigenvalue weighted by molar-refractivity contribution is -0.0611. The first-order chi connectivity index (χ1) is 15.1. The molecule has 1 aliphatic carbocycles. The first kappa shape index (κ1) is 19.8. The smallest absolute Gasteiger partial charge is 0.274 e. The summed E-state index contributed by atoms with van der Waals surface area (Å²) in [6.45, 7) is 6.06. The summed E-state index contributed by atoms with van der Waals surface area (Å²) in [5.74, 6) is 1.92. The van der Waals surface area contributed by atoms with Crippen molar-refractivity contribution in [3.63, 3.8) is 0 Å². The van der Waals surface area contributed by atoms with Gasteiger partial charge in [-0.25, -0.2) is 9.97 Å². The van der Waals surface area contributed by atoms with Gasteiger partial charge in [-0.05, 0) is 50.5 Å². The molecule has 8 heteroatoms. The molecule has 3 heterocycles. The quantitative estimate of drug-likeness (QED) is 0.634. The number of hydrogen-bond acceptors (Lipinski definition) is 6. The molecule has 8 nitrogen and oxygen atoms in total. The van der Waals surface area contributed by atoms with Crippen molar-refractivity contribution in [3.8, 4) is 0 Å². The minimum absolute atomic E-state index is 0.161. The van der Waals surface area contributed by atoms with Gasteiger partial charge < -0.3 is 14.6 Å². The van der Waals surface area contributed by atoms with E-state index in [0.29, 0.717) is 24.8 Å². The number of carbonyl (C=O) groups excluding carboxylic acids is 1. The number of hydrogen-bond donors (Lipinski definition) is 1. The molecule has 1 saturated carbocycles. The van der Waals surface area contributed by atoms with E-state index in [-0.39, 0.29) is 11.3 Å². The zero-order valence-corrected chi connectivity index (χ0v) is 17.8. The minimum atomic E-state index is -0.214. The molecule has 1 saturated heterocycles. The molecule has 1 amide bonds. The molecule has 2 aromatic heterocycles. The minimum Gasteiger partial charge on any atom is -0.379 e. The number of nitrogens with zero attached hydrogens (tertiary/aromatic N) is 5. The van der Waals surface area contributed by atoms with Crippen LogP contribution in [0.1, 0.15) is 59.1 Å². The Kier molecular flexibility index (Phi) is 5.02. The monoisotopic (exact) mass is 418 g/mol. The lowest BCUT2D eigenvalue weighted by Gasteiger charge is -2.42. The third-order valence-electron chi connectivity index (χ3n) is 6.07. The Bertz CT molecular complexity index is 1120. The van der Waals surface area contributed by atoms with Crippen molar-refractivity contribution >= 4 is 11.6 Å². The fourth-order valence-electron chi connectivity index (χ4n) is 4.06. The van der Waals surface area contributed by atoms with Crippen molar-refractivity contribution in [2.45, 2.75) is 51.0 Å². The molecular weight excluding hydrogens is 392 g/mol. The van der Waals surface area contributed by atoms with Crippen molar-refractivity contribution < 1.29 is 9.53 Å². The van der Waals surface area contributed by atoms with Crippen LogP contribution in [-0.2, 0) is 23.1 Å². The Morgan fingerprint density at radius 3 is 2.81 bits per heavy atom. The van der Waals surface area contributed by atoms with E-state index < -0.39 is 0 Å². The second-order valence-electron chi connectivity index (χ2n) is 8.55. The predicted octanol–water partition coefficient (Wildman–Crippen LogP) is 3.04. The number of aryl methyl sites for hydroxylation is 2. The summed E-state index contributed by atoms with van der Waals surface area (Å²) < 4.78 is 7.65. The highest BCUT2D eigenvalue weighted by Crippen LogP contribution is 2.38. The number of amides is 1. The number of anilines is 1. The van der Waals surface area contributed by atoms with Gasteiger partial charge in [0.05, 0.1) is 13.2 Å². The van der Waals surface area contributed by atoms with E-state index in [1.165, 1.54) is 0 Å². The molecule has 0 atom stereocenters. The van der Waals surface area contributed by atoms with Crippen molar-refractivity contribution in [3.05, 3.63) is 65.3 Å². The second kappa shape index (κ2) is 7.85. The summed E-state index contributed by atoms with van der Waals surface area (Å²) >= 11 is 0. The summed E-state index contributed by atoms with van der Waals surface area (Å²) in [7, 11) is 0. The van der Waals surface area contributed by atoms with E-state index in [0.717, 1.165) is 54.4 Å². The highest BCUT2D eigenvalue weighted by Gasteiger charge is 2.42. The van der Waals surface area contributed by atoms with Gasteiger partial charge in [0.25, 0.3) is 5.91 Å². The highest BCUT2D eigenvalue weighted by molar-refractivity contribution is 6.03. The van der Waals surface area contributed by atoms with Gasteiger partial charge in [0.15, 0.2) is 0 Å². The van der Waals surface area contributed by atoms with Gasteiger partial charge in [-0.1, -0.05) is 12.1 Å². The van der Waals surface area contributed by atoms with Crippen LogP contribution in [-0.4, -0.2) is 43.9 Å². The second-order valence-corrected chi connectivity index (χ2v) is 8.55. The van der Waals surface area contributed by atoms with Gasteiger partial charge in [0.1, 0.15) is 23.7 Å². The van der Waals surface area contributed by atoms with Gasteiger partial charge in [-0.3, -0.25) is 4.79 Å². The van der Waals surface area contributed by atoms with Crippen molar-refractivity contribution in [1.82, 2.24) is 24.7 Å². The number of benzene rings is 1. The third kappa shape index (κ3) is 3.95. The molecule has 0 bridgehead atoms. The van der Waals surface area contributed by atoms with E-state index in [1.54, 1.807) is 12.4 Å². The summed E-state index contributed by atoms with van der Waals surface area (Å²) in [5, 5.41) is 11.4. The topological polar surface area (TPSA) is 94.8 Å². The summed E-state index contributed by atoms with van der Waals surface area (Å²) in [5.41, 5.74) is 2.94. The SMILES string of the molecule is CCn1cnnc1CC1(c2cccc(NC(=O)c3cc(C)nc(C4CC4)n3)c2)COC1. The maximum atomic E-state index is 12.9. The number of rotatable bonds is 7. The third-order valence-corrected chi connectivity index (χ3v) is 6.07. The molecule has 2 fully saturated rings. The molecule has 0 unspecified atom stereocenters. The largest absolute Gasteiger partial charge is 0.379 e. The molecule has 0 spiro atoms. The van der Waals surface area contributed by atoms with E-state index >= 15 is 0 Å². The fraction of sp³-hybridized carbons (Fsp3) is 0.435. The lowest BCUT2D eigenvalue weighted by Crippen LogP contribution is -2.49. The lowest BCUT2D eigenvalue weighted by atomic mass is 9.75. The zero-order valence-electron chi connectivity index (χ0n) is 17.8. The Labute approximate surface area is 181 Å². The Morgan fingerprint density at radius 2 is 2.10 bits per heavy atom. The molecule has 2 aliphatic rings.